The summed E-state index contributed by atoms with van der Waals surface area (Å²) in [4.78, 5) is 7.21. The van der Waals surface area contributed by atoms with Gasteiger partial charge in [0.15, 0.2) is 5.96 Å². The van der Waals surface area contributed by atoms with Crippen molar-refractivity contribution in [1.82, 2.24) is 10.6 Å². The minimum absolute atomic E-state index is 0. The van der Waals surface area contributed by atoms with Crippen molar-refractivity contribution < 1.29 is 9.84 Å². The number of methoxy groups -OCH3 is 1. The number of piperidine rings is 1. The van der Waals surface area contributed by atoms with Crippen molar-refractivity contribution in [2.45, 2.75) is 46.2 Å². The highest BCUT2D eigenvalue weighted by Gasteiger charge is 2.18. The maximum absolute atomic E-state index is 9.34. The molecule has 0 aromatic heterocycles. The van der Waals surface area contributed by atoms with Crippen molar-refractivity contribution in [2.75, 3.05) is 38.3 Å². The van der Waals surface area contributed by atoms with E-state index in [1.54, 1.807) is 7.11 Å². The predicted molar refractivity (Wildman–Crippen MR) is 148 cm³/mol. The standard InChI is InChI=1S/C26H38N4O2.HI/c1-5-27-26(29-20(3)24-16-19(2)6-11-25(24)32-4)28-17-21-7-9-23(10-8-21)30-14-12-22(18-31)13-15-30;/h6-11,16,20,22,31H,5,12-15,17-18H2,1-4H3,(H2,27,28,29);1H. The monoisotopic (exact) mass is 566 g/mol. The molecule has 0 aliphatic carbocycles. The molecular formula is C26H39IN4O2. The molecule has 33 heavy (non-hydrogen) atoms. The van der Waals surface area contributed by atoms with E-state index >= 15 is 0 Å². The van der Waals surface area contributed by atoms with Gasteiger partial charge in [0.05, 0.1) is 19.7 Å². The largest absolute Gasteiger partial charge is 0.496 e. The van der Waals surface area contributed by atoms with Gasteiger partial charge in [-0.05, 0) is 63.3 Å². The first-order chi connectivity index (χ1) is 15.5. The normalized spacial score (nSPS) is 15.5. The first kappa shape index (κ1) is 27.2. The van der Waals surface area contributed by atoms with Crippen LogP contribution in [-0.4, -0.2) is 44.4 Å². The second-order valence-corrected chi connectivity index (χ2v) is 8.59. The number of rotatable bonds is 8. The number of ether oxygens (including phenoxy) is 1. The molecule has 6 nitrogen and oxygen atoms in total. The molecule has 0 saturated carbocycles. The molecule has 1 aliphatic rings. The minimum atomic E-state index is 0. The Bertz CT molecular complexity index is 880. The minimum Gasteiger partial charge on any atom is -0.496 e. The third-order valence-electron chi connectivity index (χ3n) is 6.14. The second kappa shape index (κ2) is 13.6. The molecule has 1 saturated heterocycles. The van der Waals surface area contributed by atoms with Crippen LogP contribution in [0.4, 0.5) is 5.69 Å². The molecule has 3 rings (SSSR count). The summed E-state index contributed by atoms with van der Waals surface area (Å²) in [5, 5.41) is 16.2. The molecule has 2 aromatic carbocycles. The molecule has 0 radical (unpaired) electrons. The third-order valence-corrected chi connectivity index (χ3v) is 6.14. The lowest BCUT2D eigenvalue weighted by Gasteiger charge is -2.32. The van der Waals surface area contributed by atoms with Crippen LogP contribution in [0.25, 0.3) is 0 Å². The number of benzene rings is 2. The Kier molecular flexibility index (Phi) is 11.3. The zero-order valence-corrected chi connectivity index (χ0v) is 22.6. The van der Waals surface area contributed by atoms with Crippen LogP contribution in [0.15, 0.2) is 47.5 Å². The molecule has 0 amide bonds. The molecule has 1 unspecified atom stereocenters. The molecule has 0 spiro atoms. The quantitative estimate of drug-likeness (QED) is 0.247. The number of aliphatic hydroxyl groups excluding tert-OH is 1. The summed E-state index contributed by atoms with van der Waals surface area (Å²) in [7, 11) is 1.71. The number of guanidine groups is 1. The number of aryl methyl sites for hydroxylation is 1. The molecule has 0 bridgehead atoms. The first-order valence-electron chi connectivity index (χ1n) is 11.7. The van der Waals surface area contributed by atoms with Crippen LogP contribution in [0.5, 0.6) is 5.75 Å². The number of aliphatic hydroxyl groups is 1. The van der Waals surface area contributed by atoms with Crippen molar-refractivity contribution in [1.29, 1.82) is 0 Å². The van der Waals surface area contributed by atoms with E-state index in [0.717, 1.165) is 49.7 Å². The van der Waals surface area contributed by atoms with Crippen LogP contribution in [-0.2, 0) is 6.54 Å². The lowest BCUT2D eigenvalue weighted by Crippen LogP contribution is -2.38. The van der Waals surface area contributed by atoms with E-state index in [9.17, 15) is 5.11 Å². The predicted octanol–water partition coefficient (Wildman–Crippen LogP) is 4.65. The molecule has 182 valence electrons. The van der Waals surface area contributed by atoms with Crippen LogP contribution in [0, 0.1) is 12.8 Å². The average Bonchev–Trinajstić information content (AvgIpc) is 2.83. The Balaban J connectivity index is 0.00000385. The molecule has 1 aliphatic heterocycles. The van der Waals surface area contributed by atoms with Gasteiger partial charge in [-0.15, -0.1) is 24.0 Å². The summed E-state index contributed by atoms with van der Waals surface area (Å²) < 4.78 is 5.55. The van der Waals surface area contributed by atoms with Crippen LogP contribution in [0.3, 0.4) is 0 Å². The van der Waals surface area contributed by atoms with Gasteiger partial charge in [0.25, 0.3) is 0 Å². The number of hydrogen-bond acceptors (Lipinski definition) is 4. The second-order valence-electron chi connectivity index (χ2n) is 8.59. The van der Waals surface area contributed by atoms with Gasteiger partial charge in [-0.25, -0.2) is 4.99 Å². The fourth-order valence-corrected chi connectivity index (χ4v) is 4.15. The summed E-state index contributed by atoms with van der Waals surface area (Å²) in [6, 6.07) is 15.0. The van der Waals surface area contributed by atoms with E-state index < -0.39 is 0 Å². The van der Waals surface area contributed by atoms with E-state index in [1.165, 1.54) is 16.8 Å². The van der Waals surface area contributed by atoms with Crippen molar-refractivity contribution >= 4 is 35.6 Å². The van der Waals surface area contributed by atoms with E-state index in [2.05, 4.69) is 72.7 Å². The first-order valence-corrected chi connectivity index (χ1v) is 11.7. The summed E-state index contributed by atoms with van der Waals surface area (Å²) in [5.41, 5.74) is 4.75. The summed E-state index contributed by atoms with van der Waals surface area (Å²) >= 11 is 0. The maximum Gasteiger partial charge on any atom is 0.192 e. The van der Waals surface area contributed by atoms with Gasteiger partial charge in [-0.2, -0.15) is 0 Å². The van der Waals surface area contributed by atoms with Crippen molar-refractivity contribution in [3.05, 3.63) is 59.2 Å². The van der Waals surface area contributed by atoms with Gasteiger partial charge in [0.1, 0.15) is 5.75 Å². The Labute approximate surface area is 215 Å². The zero-order valence-electron chi connectivity index (χ0n) is 20.3. The molecular weight excluding hydrogens is 527 g/mol. The van der Waals surface area contributed by atoms with Crippen LogP contribution < -0.4 is 20.3 Å². The highest BCUT2D eigenvalue weighted by Crippen LogP contribution is 2.26. The van der Waals surface area contributed by atoms with Gasteiger partial charge in [0, 0.05) is 37.5 Å². The fourth-order valence-electron chi connectivity index (χ4n) is 4.15. The van der Waals surface area contributed by atoms with Crippen LogP contribution in [0.2, 0.25) is 0 Å². The van der Waals surface area contributed by atoms with Gasteiger partial charge in [-0.1, -0.05) is 29.8 Å². The Morgan fingerprint density at radius 2 is 1.88 bits per heavy atom. The molecule has 2 aromatic rings. The Morgan fingerprint density at radius 1 is 1.18 bits per heavy atom. The molecule has 1 atom stereocenters. The number of hydrogen-bond donors (Lipinski definition) is 3. The molecule has 7 heteroatoms. The highest BCUT2D eigenvalue weighted by molar-refractivity contribution is 14.0. The van der Waals surface area contributed by atoms with Crippen molar-refractivity contribution in [3.8, 4) is 5.75 Å². The van der Waals surface area contributed by atoms with Crippen LogP contribution in [0.1, 0.15) is 49.4 Å². The maximum atomic E-state index is 9.34. The smallest absolute Gasteiger partial charge is 0.192 e. The zero-order chi connectivity index (χ0) is 22.9. The Morgan fingerprint density at radius 3 is 2.48 bits per heavy atom. The van der Waals surface area contributed by atoms with Crippen molar-refractivity contribution in [2.24, 2.45) is 10.9 Å². The average molecular weight is 567 g/mol. The highest BCUT2D eigenvalue weighted by atomic mass is 127. The Hall–Kier alpha value is -2.00. The number of aliphatic imine (C=N–C) groups is 1. The molecule has 1 fully saturated rings. The van der Waals surface area contributed by atoms with Gasteiger partial charge < -0.3 is 25.4 Å². The van der Waals surface area contributed by atoms with E-state index in [4.69, 9.17) is 9.73 Å². The van der Waals surface area contributed by atoms with Gasteiger partial charge >= 0.3 is 0 Å². The number of anilines is 1. The van der Waals surface area contributed by atoms with Gasteiger partial charge in [-0.3, -0.25) is 0 Å². The third kappa shape index (κ3) is 7.78. The SMILES string of the molecule is CCNC(=NCc1ccc(N2CCC(CO)CC2)cc1)NC(C)c1cc(C)ccc1OC.I. The molecule has 3 N–H and O–H groups in total. The topological polar surface area (TPSA) is 69.1 Å². The number of nitrogens with zero attached hydrogens (tertiary/aromatic N) is 2. The number of nitrogens with one attached hydrogen (secondary N) is 2. The van der Waals surface area contributed by atoms with Crippen LogP contribution >= 0.6 is 24.0 Å². The summed E-state index contributed by atoms with van der Waals surface area (Å²) in [5.74, 6) is 2.13. The van der Waals surface area contributed by atoms with E-state index in [1.807, 2.05) is 6.07 Å². The summed E-state index contributed by atoms with van der Waals surface area (Å²) in [6.07, 6.45) is 2.12. The lowest BCUT2D eigenvalue weighted by atomic mass is 9.97. The lowest BCUT2D eigenvalue weighted by molar-refractivity contribution is 0.203. The fraction of sp³-hybridized carbons (Fsp3) is 0.500. The van der Waals surface area contributed by atoms with E-state index in [0.29, 0.717) is 19.1 Å². The summed E-state index contributed by atoms with van der Waals surface area (Å²) in [6.45, 7) is 10.0. The molecule has 1 heterocycles. The van der Waals surface area contributed by atoms with E-state index in [-0.39, 0.29) is 30.0 Å². The van der Waals surface area contributed by atoms with Crippen molar-refractivity contribution in [3.63, 3.8) is 0 Å². The van der Waals surface area contributed by atoms with Gasteiger partial charge in [0.2, 0.25) is 0 Å². The number of halogens is 1.